The van der Waals surface area contributed by atoms with E-state index in [2.05, 4.69) is 63.5 Å². The van der Waals surface area contributed by atoms with Crippen LogP contribution in [0.5, 0.6) is 5.75 Å². The Balaban J connectivity index is 1.82. The lowest BCUT2D eigenvalue weighted by molar-refractivity contribution is 0.314. The molecule has 2 atom stereocenters. The highest BCUT2D eigenvalue weighted by atomic mass is 79.9. The second-order valence-electron chi connectivity index (χ2n) is 5.39. The first kappa shape index (κ1) is 14.5. The lowest BCUT2D eigenvalue weighted by Crippen LogP contribution is -2.24. The normalized spacial score (nSPS) is 19.2. The summed E-state index contributed by atoms with van der Waals surface area (Å²) in [5, 5.41) is 3.73. The molecule has 0 amide bonds. The number of aromatic nitrogens is 1. The second kappa shape index (κ2) is 6.58. The molecule has 1 aromatic heterocycles. The van der Waals surface area contributed by atoms with Gasteiger partial charge in [0.2, 0.25) is 0 Å². The summed E-state index contributed by atoms with van der Waals surface area (Å²) in [5.41, 5.74) is 2.51. The van der Waals surface area contributed by atoms with Crippen molar-refractivity contribution in [3.8, 4) is 5.75 Å². The number of hydrogen-bond donors (Lipinski definition) is 1. The third kappa shape index (κ3) is 3.44. The predicted molar refractivity (Wildman–Crippen MR) is 87.4 cm³/mol. The average molecular weight is 347 g/mol. The maximum Gasteiger partial charge on any atom is 0.125 e. The summed E-state index contributed by atoms with van der Waals surface area (Å²) >= 11 is 3.52. The molecule has 2 aromatic rings. The highest BCUT2D eigenvalue weighted by Crippen LogP contribution is 2.35. The fourth-order valence-electron chi connectivity index (χ4n) is 2.77. The van der Waals surface area contributed by atoms with Gasteiger partial charge in [0.05, 0.1) is 6.61 Å². The number of rotatable bonds is 3. The molecule has 1 N–H and O–H groups in total. The lowest BCUT2D eigenvalue weighted by atomic mass is 10.00. The zero-order chi connectivity index (χ0) is 14.7. The lowest BCUT2D eigenvalue weighted by Gasteiger charge is -2.23. The van der Waals surface area contributed by atoms with Gasteiger partial charge in [0, 0.05) is 34.5 Å². The number of hydrogen-bond acceptors (Lipinski definition) is 3. The van der Waals surface area contributed by atoms with Gasteiger partial charge in [-0.25, -0.2) is 0 Å². The van der Waals surface area contributed by atoms with Gasteiger partial charge in [-0.2, -0.15) is 0 Å². The largest absolute Gasteiger partial charge is 0.493 e. The molecule has 110 valence electrons. The summed E-state index contributed by atoms with van der Waals surface area (Å²) in [6.07, 6.45) is 5.83. The van der Waals surface area contributed by atoms with E-state index in [0.29, 0.717) is 6.04 Å². The van der Waals surface area contributed by atoms with E-state index in [1.165, 1.54) is 11.1 Å². The number of nitrogens with zero attached hydrogens (tertiary/aromatic N) is 1. The average Bonchev–Trinajstić information content (AvgIpc) is 2.70. The third-order valence-electron chi connectivity index (χ3n) is 3.90. The molecule has 2 heterocycles. The smallest absolute Gasteiger partial charge is 0.125 e. The Morgan fingerprint density at radius 3 is 2.90 bits per heavy atom. The van der Waals surface area contributed by atoms with Gasteiger partial charge >= 0.3 is 0 Å². The van der Waals surface area contributed by atoms with Crippen molar-refractivity contribution in [3.63, 3.8) is 0 Å². The van der Waals surface area contributed by atoms with Gasteiger partial charge in [-0.1, -0.05) is 22.0 Å². The van der Waals surface area contributed by atoms with Crippen molar-refractivity contribution in [1.82, 2.24) is 10.3 Å². The van der Waals surface area contributed by atoms with E-state index in [0.717, 1.165) is 29.7 Å². The molecule has 1 aromatic carbocycles. The first-order chi connectivity index (χ1) is 10.2. The number of fused-ring (bicyclic) bond motifs is 1. The van der Waals surface area contributed by atoms with Crippen LogP contribution in [-0.2, 0) is 0 Å². The zero-order valence-corrected chi connectivity index (χ0v) is 13.6. The molecule has 0 aliphatic carbocycles. The van der Waals surface area contributed by atoms with E-state index in [1.54, 1.807) is 0 Å². The van der Waals surface area contributed by atoms with Crippen molar-refractivity contribution < 1.29 is 4.74 Å². The van der Waals surface area contributed by atoms with E-state index in [4.69, 9.17) is 4.74 Å². The Morgan fingerprint density at radius 2 is 2.10 bits per heavy atom. The van der Waals surface area contributed by atoms with Crippen molar-refractivity contribution in [1.29, 1.82) is 0 Å². The van der Waals surface area contributed by atoms with Gasteiger partial charge in [-0.05, 0) is 49.6 Å². The van der Waals surface area contributed by atoms with Crippen LogP contribution in [0.25, 0.3) is 0 Å². The number of pyridine rings is 1. The molecule has 0 radical (unpaired) electrons. The van der Waals surface area contributed by atoms with Crippen molar-refractivity contribution in [2.45, 2.75) is 31.8 Å². The Labute approximate surface area is 133 Å². The zero-order valence-electron chi connectivity index (χ0n) is 12.1. The number of nitrogens with one attached hydrogen (secondary N) is 1. The Kier molecular flexibility index (Phi) is 4.56. The van der Waals surface area contributed by atoms with Crippen LogP contribution in [0.4, 0.5) is 0 Å². The number of ether oxygens (including phenoxy) is 1. The van der Waals surface area contributed by atoms with Gasteiger partial charge < -0.3 is 10.1 Å². The minimum absolute atomic E-state index is 0.285. The minimum atomic E-state index is 0.285. The monoisotopic (exact) mass is 346 g/mol. The molecule has 4 heteroatoms. The van der Waals surface area contributed by atoms with Gasteiger partial charge in [-0.15, -0.1) is 0 Å². The van der Waals surface area contributed by atoms with Crippen molar-refractivity contribution >= 4 is 15.9 Å². The van der Waals surface area contributed by atoms with Crippen LogP contribution in [0.2, 0.25) is 0 Å². The van der Waals surface area contributed by atoms with E-state index in [1.807, 2.05) is 12.4 Å². The van der Waals surface area contributed by atoms with E-state index in [-0.39, 0.29) is 6.04 Å². The van der Waals surface area contributed by atoms with Crippen LogP contribution < -0.4 is 10.1 Å². The molecular weight excluding hydrogens is 328 g/mol. The molecule has 1 unspecified atom stereocenters. The first-order valence-electron chi connectivity index (χ1n) is 7.32. The van der Waals surface area contributed by atoms with Crippen LogP contribution in [0.15, 0.2) is 47.2 Å². The summed E-state index contributed by atoms with van der Waals surface area (Å²) in [5.74, 6) is 0.987. The topological polar surface area (TPSA) is 34.1 Å². The molecule has 0 bridgehead atoms. The van der Waals surface area contributed by atoms with Crippen molar-refractivity contribution in [3.05, 3.63) is 58.3 Å². The Morgan fingerprint density at radius 1 is 1.29 bits per heavy atom. The van der Waals surface area contributed by atoms with Gasteiger partial charge in [0.25, 0.3) is 0 Å². The molecule has 0 saturated carbocycles. The molecular formula is C17H19BrN2O. The molecule has 1 aliphatic heterocycles. The summed E-state index contributed by atoms with van der Waals surface area (Å²) in [6.45, 7) is 2.98. The molecule has 0 spiro atoms. The fraction of sp³-hybridized carbons (Fsp3) is 0.353. The molecule has 21 heavy (non-hydrogen) atoms. The Bertz CT molecular complexity index is 603. The summed E-state index contributed by atoms with van der Waals surface area (Å²) in [7, 11) is 0. The van der Waals surface area contributed by atoms with Crippen LogP contribution in [0, 0.1) is 0 Å². The van der Waals surface area contributed by atoms with Crippen LogP contribution in [0.3, 0.4) is 0 Å². The molecule has 1 aliphatic rings. The number of halogens is 1. The van der Waals surface area contributed by atoms with E-state index < -0.39 is 0 Å². The van der Waals surface area contributed by atoms with Crippen molar-refractivity contribution in [2.24, 2.45) is 0 Å². The van der Waals surface area contributed by atoms with Crippen LogP contribution >= 0.6 is 15.9 Å². The molecule has 3 nitrogen and oxygen atoms in total. The van der Waals surface area contributed by atoms with E-state index in [9.17, 15) is 0 Å². The molecule has 0 fully saturated rings. The van der Waals surface area contributed by atoms with Crippen LogP contribution in [-0.4, -0.2) is 11.6 Å². The minimum Gasteiger partial charge on any atom is -0.493 e. The standard InChI is InChI=1S/C17H19BrN2O/c1-12(13-6-8-19-9-7-13)20-16-3-2-10-21-17-11-14(18)4-5-15(16)17/h4-9,11-12,16,20H,2-3,10H2,1H3/t12-,16?/m0/s1. The Hall–Kier alpha value is -1.39. The summed E-state index contributed by atoms with van der Waals surface area (Å²) in [4.78, 5) is 4.08. The molecule has 0 saturated heterocycles. The second-order valence-corrected chi connectivity index (χ2v) is 6.31. The van der Waals surface area contributed by atoms with Gasteiger partial charge in [0.15, 0.2) is 0 Å². The maximum absolute atomic E-state index is 5.87. The van der Waals surface area contributed by atoms with Crippen LogP contribution in [0.1, 0.15) is 43.0 Å². The predicted octanol–water partition coefficient (Wildman–Crippen LogP) is 4.41. The number of benzene rings is 1. The quantitative estimate of drug-likeness (QED) is 0.893. The third-order valence-corrected chi connectivity index (χ3v) is 4.40. The maximum atomic E-state index is 5.87. The molecule has 3 rings (SSSR count). The van der Waals surface area contributed by atoms with Gasteiger partial charge in [0.1, 0.15) is 5.75 Å². The highest BCUT2D eigenvalue weighted by molar-refractivity contribution is 9.10. The summed E-state index contributed by atoms with van der Waals surface area (Å²) in [6, 6.07) is 11.0. The van der Waals surface area contributed by atoms with Crippen molar-refractivity contribution in [2.75, 3.05) is 6.61 Å². The summed E-state index contributed by atoms with van der Waals surface area (Å²) < 4.78 is 6.93. The fourth-order valence-corrected chi connectivity index (χ4v) is 3.11. The van der Waals surface area contributed by atoms with Gasteiger partial charge in [-0.3, -0.25) is 4.98 Å². The SMILES string of the molecule is C[C@H](NC1CCCOc2cc(Br)ccc21)c1ccncc1. The van der Waals surface area contributed by atoms with E-state index >= 15 is 0 Å². The first-order valence-corrected chi connectivity index (χ1v) is 8.11. The highest BCUT2D eigenvalue weighted by Gasteiger charge is 2.21.